The van der Waals surface area contributed by atoms with Crippen molar-refractivity contribution < 1.29 is 4.84 Å². The lowest BCUT2D eigenvalue weighted by atomic mass is 10.6. The van der Waals surface area contributed by atoms with Gasteiger partial charge in [0.25, 0.3) is 0 Å². The molecule has 62 valence electrons. The van der Waals surface area contributed by atoms with Crippen LogP contribution in [0.1, 0.15) is 0 Å². The van der Waals surface area contributed by atoms with Crippen molar-refractivity contribution in [1.29, 1.82) is 0 Å². The summed E-state index contributed by atoms with van der Waals surface area (Å²) in [5.74, 6) is 5.07. The molecule has 2 rings (SSSR count). The van der Waals surface area contributed by atoms with E-state index >= 15 is 0 Å². The van der Waals surface area contributed by atoms with Crippen LogP contribution in [-0.4, -0.2) is 19.6 Å². The lowest BCUT2D eigenvalue weighted by Gasteiger charge is -1.94. The van der Waals surface area contributed by atoms with Gasteiger partial charge in [-0.25, -0.2) is 19.3 Å². The molecule has 0 aliphatic heterocycles. The Morgan fingerprint density at radius 2 is 2.50 bits per heavy atom. The molecule has 7 nitrogen and oxygen atoms in total. The fraction of sp³-hybridized carbons (Fsp3) is 0. The topological polar surface area (TPSA) is 98.3 Å². The van der Waals surface area contributed by atoms with Gasteiger partial charge >= 0.3 is 5.69 Å². The van der Waals surface area contributed by atoms with Gasteiger partial charge in [0.2, 0.25) is 5.88 Å². The summed E-state index contributed by atoms with van der Waals surface area (Å²) in [5, 5.41) is 5.93. The maximum Gasteiger partial charge on any atom is 0.348 e. The molecule has 3 N–H and O–H groups in total. The minimum Gasteiger partial charge on any atom is -0.391 e. The summed E-state index contributed by atoms with van der Waals surface area (Å²) in [5.41, 5.74) is 0.0662. The summed E-state index contributed by atoms with van der Waals surface area (Å²) in [7, 11) is 0. The fourth-order valence-corrected chi connectivity index (χ4v) is 0.857. The third-order valence-corrected chi connectivity index (χ3v) is 1.41. The van der Waals surface area contributed by atoms with Gasteiger partial charge in [-0.2, -0.15) is 11.0 Å². The molecular weight excluding hydrogens is 162 g/mol. The molecular formula is C5H5N5O2. The van der Waals surface area contributed by atoms with Crippen molar-refractivity contribution in [1.82, 2.24) is 19.6 Å². The second-order valence-corrected chi connectivity index (χ2v) is 2.10. The third-order valence-electron chi connectivity index (χ3n) is 1.41. The van der Waals surface area contributed by atoms with Crippen LogP contribution in [0.25, 0.3) is 5.65 Å². The van der Waals surface area contributed by atoms with Crippen LogP contribution in [0.5, 0.6) is 5.88 Å². The van der Waals surface area contributed by atoms with Gasteiger partial charge in [0.15, 0.2) is 5.65 Å². The number of H-pyrrole nitrogens is 1. The molecule has 0 bridgehead atoms. The number of hydrogen-bond donors (Lipinski definition) is 2. The molecule has 0 aromatic carbocycles. The first-order valence-corrected chi connectivity index (χ1v) is 3.11. The van der Waals surface area contributed by atoms with Crippen LogP contribution in [0.3, 0.4) is 0 Å². The van der Waals surface area contributed by atoms with E-state index in [0.717, 1.165) is 0 Å². The van der Waals surface area contributed by atoms with Gasteiger partial charge in [-0.15, -0.1) is 0 Å². The van der Waals surface area contributed by atoms with E-state index in [0.29, 0.717) is 5.65 Å². The number of hydrogen-bond acceptors (Lipinski definition) is 5. The molecule has 0 amide bonds. The van der Waals surface area contributed by atoms with Crippen LogP contribution in [0.15, 0.2) is 17.2 Å². The monoisotopic (exact) mass is 167 g/mol. The molecule has 2 aromatic heterocycles. The summed E-state index contributed by atoms with van der Waals surface area (Å²) in [6.45, 7) is 0. The number of rotatable bonds is 1. The first-order chi connectivity index (χ1) is 5.81. The highest BCUT2D eigenvalue weighted by Crippen LogP contribution is 2.03. The summed E-state index contributed by atoms with van der Waals surface area (Å²) < 4.78 is 1.24. The Balaban J connectivity index is 2.77. The van der Waals surface area contributed by atoms with Crippen LogP contribution < -0.4 is 16.4 Å². The smallest absolute Gasteiger partial charge is 0.348 e. The molecule has 12 heavy (non-hydrogen) atoms. The van der Waals surface area contributed by atoms with Crippen LogP contribution in [-0.2, 0) is 0 Å². The number of aromatic nitrogens is 4. The van der Waals surface area contributed by atoms with Gasteiger partial charge in [0.1, 0.15) is 6.33 Å². The second kappa shape index (κ2) is 2.31. The zero-order valence-electron chi connectivity index (χ0n) is 5.89. The average Bonchev–Trinajstić information content (AvgIpc) is 2.47. The fourth-order valence-electron chi connectivity index (χ4n) is 0.857. The van der Waals surface area contributed by atoms with Gasteiger partial charge in [-0.1, -0.05) is 0 Å². The molecule has 0 fully saturated rings. The standard InChI is InChI=1S/C5H5N5O2/c6-12-4-1-3-8-9-5(11)10(3)2-7-4/h1-2H,6H2,(H,9,11). The summed E-state index contributed by atoms with van der Waals surface area (Å²) in [4.78, 5) is 19.0. The lowest BCUT2D eigenvalue weighted by Crippen LogP contribution is -2.10. The molecule has 2 heterocycles. The SMILES string of the molecule is NOc1cc2n[nH]c(=O)n2cn1. The number of nitrogens with zero attached hydrogens (tertiary/aromatic N) is 3. The van der Waals surface area contributed by atoms with Crippen LogP contribution in [0.4, 0.5) is 0 Å². The Bertz CT molecular complexity index is 458. The van der Waals surface area contributed by atoms with Crippen molar-refractivity contribution in [3.05, 3.63) is 22.9 Å². The maximum absolute atomic E-state index is 10.9. The van der Waals surface area contributed by atoms with Crippen molar-refractivity contribution in [3.8, 4) is 5.88 Å². The largest absolute Gasteiger partial charge is 0.391 e. The van der Waals surface area contributed by atoms with Gasteiger partial charge in [0.05, 0.1) is 0 Å². The van der Waals surface area contributed by atoms with Gasteiger partial charge < -0.3 is 4.84 Å². The molecule has 0 unspecified atom stereocenters. The number of nitrogens with two attached hydrogens (primary N) is 1. The van der Waals surface area contributed by atoms with Gasteiger partial charge in [0, 0.05) is 6.07 Å². The lowest BCUT2D eigenvalue weighted by molar-refractivity contribution is 0.320. The predicted octanol–water partition coefficient (Wildman–Crippen LogP) is -1.33. The quantitative estimate of drug-likeness (QED) is 0.513. The van der Waals surface area contributed by atoms with Crippen molar-refractivity contribution in [2.75, 3.05) is 0 Å². The Kier molecular flexibility index (Phi) is 1.31. The highest BCUT2D eigenvalue weighted by atomic mass is 16.6. The molecule has 0 spiro atoms. The second-order valence-electron chi connectivity index (χ2n) is 2.10. The summed E-state index contributed by atoms with van der Waals surface area (Å²) >= 11 is 0. The normalized spacial score (nSPS) is 10.4. The van der Waals surface area contributed by atoms with Crippen molar-refractivity contribution in [2.24, 2.45) is 5.90 Å². The predicted molar refractivity (Wildman–Crippen MR) is 38.4 cm³/mol. The van der Waals surface area contributed by atoms with E-state index < -0.39 is 0 Å². The molecule has 0 aliphatic rings. The minimum atomic E-state index is -0.346. The van der Waals surface area contributed by atoms with E-state index in [1.54, 1.807) is 0 Å². The van der Waals surface area contributed by atoms with E-state index in [2.05, 4.69) is 20.0 Å². The van der Waals surface area contributed by atoms with Crippen molar-refractivity contribution in [2.45, 2.75) is 0 Å². The van der Waals surface area contributed by atoms with Crippen molar-refractivity contribution in [3.63, 3.8) is 0 Å². The summed E-state index contributed by atoms with van der Waals surface area (Å²) in [6, 6.07) is 1.44. The van der Waals surface area contributed by atoms with Crippen LogP contribution in [0, 0.1) is 0 Å². The van der Waals surface area contributed by atoms with E-state index in [1.807, 2.05) is 0 Å². The first kappa shape index (κ1) is 6.80. The number of fused-ring (bicyclic) bond motifs is 1. The molecule has 7 heteroatoms. The number of nitrogens with one attached hydrogen (secondary N) is 1. The first-order valence-electron chi connectivity index (χ1n) is 3.11. The molecule has 0 saturated heterocycles. The van der Waals surface area contributed by atoms with Crippen molar-refractivity contribution >= 4 is 5.65 Å². The van der Waals surface area contributed by atoms with Gasteiger partial charge in [-0.3, -0.25) is 0 Å². The molecule has 2 aromatic rings. The molecule has 0 aliphatic carbocycles. The van der Waals surface area contributed by atoms with Gasteiger partial charge in [-0.05, 0) is 0 Å². The Labute approximate surface area is 65.7 Å². The molecule has 0 atom stereocenters. The van der Waals surface area contributed by atoms with Crippen LogP contribution >= 0.6 is 0 Å². The zero-order valence-corrected chi connectivity index (χ0v) is 5.89. The minimum absolute atomic E-state index is 0.210. The number of aromatic amines is 1. The Morgan fingerprint density at radius 3 is 3.25 bits per heavy atom. The average molecular weight is 167 g/mol. The zero-order chi connectivity index (χ0) is 8.55. The van der Waals surface area contributed by atoms with E-state index in [-0.39, 0.29) is 11.6 Å². The molecule has 0 saturated carbocycles. The molecule has 0 radical (unpaired) electrons. The summed E-state index contributed by atoms with van der Waals surface area (Å²) in [6.07, 6.45) is 1.28. The van der Waals surface area contributed by atoms with E-state index in [4.69, 9.17) is 5.90 Å². The van der Waals surface area contributed by atoms with E-state index in [9.17, 15) is 4.79 Å². The van der Waals surface area contributed by atoms with E-state index in [1.165, 1.54) is 16.8 Å². The Hall–Kier alpha value is -1.89. The Morgan fingerprint density at radius 1 is 1.67 bits per heavy atom. The maximum atomic E-state index is 10.9. The highest BCUT2D eigenvalue weighted by Gasteiger charge is 2.01. The van der Waals surface area contributed by atoms with Crippen LogP contribution in [0.2, 0.25) is 0 Å². The highest BCUT2D eigenvalue weighted by molar-refractivity contribution is 5.38. The third kappa shape index (κ3) is 0.839.